The van der Waals surface area contributed by atoms with E-state index in [0.29, 0.717) is 6.42 Å². The highest BCUT2D eigenvalue weighted by Gasteiger charge is 2.36. The molecule has 0 saturated heterocycles. The van der Waals surface area contributed by atoms with Gasteiger partial charge in [-0.3, -0.25) is 0 Å². The predicted octanol–water partition coefficient (Wildman–Crippen LogP) is 5.96. The Labute approximate surface area is 163 Å². The molecule has 0 spiro atoms. The third kappa shape index (κ3) is 5.22. The van der Waals surface area contributed by atoms with Gasteiger partial charge in [-0.15, -0.1) is 0 Å². The van der Waals surface area contributed by atoms with Gasteiger partial charge in [0.05, 0.1) is 0 Å². The fraction of sp³-hybridized carbons (Fsp3) is 0.375. The molecule has 2 rings (SSSR count). The Kier molecular flexibility index (Phi) is 7.23. The Morgan fingerprint density at radius 3 is 1.96 bits per heavy atom. The van der Waals surface area contributed by atoms with Crippen molar-refractivity contribution in [3.05, 3.63) is 83.9 Å². The standard InChI is InChI=1S/C24H31NO2/c1-6-17-24(22-15-11-8-12-16-22,18-21-13-9-7-10-14-21)27-23(26)25(19(2)3)20(4)5/h6-17,19-20H,18H2,1-5H3/b17-6+/t24-/m0/s1. The lowest BCUT2D eigenvalue weighted by Gasteiger charge is -2.37. The number of hydrogen-bond donors (Lipinski definition) is 0. The summed E-state index contributed by atoms with van der Waals surface area (Å²) >= 11 is 0. The van der Waals surface area contributed by atoms with Crippen LogP contribution in [0.2, 0.25) is 0 Å². The molecule has 0 radical (unpaired) electrons. The molecule has 1 amide bonds. The lowest BCUT2D eigenvalue weighted by Crippen LogP contribution is -2.46. The number of allylic oxidation sites excluding steroid dienone is 1. The summed E-state index contributed by atoms with van der Waals surface area (Å²) in [7, 11) is 0. The summed E-state index contributed by atoms with van der Waals surface area (Å²) in [4.78, 5) is 14.9. The summed E-state index contributed by atoms with van der Waals surface area (Å²) in [6, 6.07) is 20.3. The Morgan fingerprint density at radius 1 is 0.963 bits per heavy atom. The number of amides is 1. The Balaban J connectivity index is 2.49. The molecule has 3 heteroatoms. The van der Waals surface area contributed by atoms with Crippen molar-refractivity contribution < 1.29 is 9.53 Å². The van der Waals surface area contributed by atoms with Gasteiger partial charge < -0.3 is 9.64 Å². The highest BCUT2D eigenvalue weighted by molar-refractivity contribution is 5.69. The molecule has 3 nitrogen and oxygen atoms in total. The zero-order valence-corrected chi connectivity index (χ0v) is 17.1. The van der Waals surface area contributed by atoms with Crippen molar-refractivity contribution >= 4 is 6.09 Å². The van der Waals surface area contributed by atoms with E-state index in [9.17, 15) is 4.79 Å². The monoisotopic (exact) mass is 365 g/mol. The van der Waals surface area contributed by atoms with Crippen molar-refractivity contribution in [2.24, 2.45) is 0 Å². The molecule has 0 fully saturated rings. The van der Waals surface area contributed by atoms with Crippen molar-refractivity contribution in [1.82, 2.24) is 4.90 Å². The van der Waals surface area contributed by atoms with E-state index in [0.717, 1.165) is 11.1 Å². The maximum atomic E-state index is 13.1. The van der Waals surface area contributed by atoms with Gasteiger partial charge in [0.25, 0.3) is 0 Å². The first-order valence-corrected chi connectivity index (χ1v) is 9.64. The molecule has 2 aromatic carbocycles. The zero-order valence-electron chi connectivity index (χ0n) is 17.1. The van der Waals surface area contributed by atoms with Crippen molar-refractivity contribution in [3.8, 4) is 0 Å². The third-order valence-electron chi connectivity index (χ3n) is 4.60. The summed E-state index contributed by atoms with van der Waals surface area (Å²) in [6.45, 7) is 10.0. The van der Waals surface area contributed by atoms with Crippen LogP contribution in [0.4, 0.5) is 4.79 Å². The number of carbonyl (C=O) groups is 1. The van der Waals surface area contributed by atoms with Crippen LogP contribution in [0.5, 0.6) is 0 Å². The quantitative estimate of drug-likeness (QED) is 0.567. The van der Waals surface area contributed by atoms with Crippen LogP contribution in [0.15, 0.2) is 72.8 Å². The number of ether oxygens (including phenoxy) is 1. The van der Waals surface area contributed by atoms with E-state index in [2.05, 4.69) is 12.1 Å². The van der Waals surface area contributed by atoms with Gasteiger partial charge in [0, 0.05) is 18.5 Å². The normalized spacial score (nSPS) is 13.7. The maximum absolute atomic E-state index is 13.1. The van der Waals surface area contributed by atoms with Crippen LogP contribution in [0.1, 0.15) is 45.7 Å². The molecule has 144 valence electrons. The Hall–Kier alpha value is -2.55. The predicted molar refractivity (Wildman–Crippen MR) is 112 cm³/mol. The second kappa shape index (κ2) is 9.40. The second-order valence-electron chi connectivity index (χ2n) is 7.38. The van der Waals surface area contributed by atoms with Gasteiger partial charge in [-0.25, -0.2) is 4.79 Å². The molecule has 0 aliphatic carbocycles. The van der Waals surface area contributed by atoms with E-state index in [4.69, 9.17) is 4.74 Å². The van der Waals surface area contributed by atoms with Crippen LogP contribution in [0.25, 0.3) is 0 Å². The van der Waals surface area contributed by atoms with Crippen molar-refractivity contribution in [3.63, 3.8) is 0 Å². The van der Waals surface area contributed by atoms with E-state index in [1.54, 1.807) is 4.90 Å². The van der Waals surface area contributed by atoms with E-state index < -0.39 is 5.60 Å². The van der Waals surface area contributed by atoms with E-state index >= 15 is 0 Å². The largest absolute Gasteiger partial charge is 0.433 e. The summed E-state index contributed by atoms with van der Waals surface area (Å²) in [6.07, 6.45) is 4.24. The van der Waals surface area contributed by atoms with Crippen molar-refractivity contribution in [2.75, 3.05) is 0 Å². The van der Waals surface area contributed by atoms with Gasteiger partial charge in [-0.05, 0) is 51.8 Å². The lowest BCUT2D eigenvalue weighted by atomic mass is 9.86. The van der Waals surface area contributed by atoms with Gasteiger partial charge in [0.1, 0.15) is 0 Å². The topological polar surface area (TPSA) is 29.5 Å². The minimum absolute atomic E-state index is 0.0632. The van der Waals surface area contributed by atoms with Crippen LogP contribution in [0.3, 0.4) is 0 Å². The molecule has 0 heterocycles. The average molecular weight is 366 g/mol. The molecular formula is C24H31NO2. The molecule has 27 heavy (non-hydrogen) atoms. The van der Waals surface area contributed by atoms with E-state index in [1.807, 2.05) is 95.3 Å². The highest BCUT2D eigenvalue weighted by Crippen LogP contribution is 2.33. The highest BCUT2D eigenvalue weighted by atomic mass is 16.6. The lowest BCUT2D eigenvalue weighted by molar-refractivity contribution is 0.00554. The molecule has 0 bridgehead atoms. The summed E-state index contributed by atoms with van der Waals surface area (Å²) in [5, 5.41) is 0. The average Bonchev–Trinajstić information content (AvgIpc) is 2.62. The first kappa shape index (κ1) is 20.8. The molecule has 0 N–H and O–H groups in total. The Morgan fingerprint density at radius 2 is 1.48 bits per heavy atom. The van der Waals surface area contributed by atoms with Crippen LogP contribution < -0.4 is 0 Å². The van der Waals surface area contributed by atoms with Crippen LogP contribution in [-0.4, -0.2) is 23.1 Å². The van der Waals surface area contributed by atoms with Crippen LogP contribution in [0, 0.1) is 0 Å². The first-order chi connectivity index (χ1) is 12.9. The van der Waals surface area contributed by atoms with Crippen molar-refractivity contribution in [1.29, 1.82) is 0 Å². The maximum Gasteiger partial charge on any atom is 0.411 e. The van der Waals surface area contributed by atoms with Crippen LogP contribution >= 0.6 is 0 Å². The second-order valence-corrected chi connectivity index (χ2v) is 7.38. The van der Waals surface area contributed by atoms with Gasteiger partial charge in [0.2, 0.25) is 0 Å². The van der Waals surface area contributed by atoms with E-state index in [-0.39, 0.29) is 18.2 Å². The molecular weight excluding hydrogens is 334 g/mol. The molecule has 0 unspecified atom stereocenters. The van der Waals surface area contributed by atoms with Gasteiger partial charge >= 0.3 is 6.09 Å². The van der Waals surface area contributed by atoms with Gasteiger partial charge in [-0.1, -0.05) is 66.7 Å². The number of rotatable bonds is 7. The molecule has 2 aromatic rings. The smallest absolute Gasteiger partial charge is 0.411 e. The number of nitrogens with zero attached hydrogens (tertiary/aromatic N) is 1. The fourth-order valence-electron chi connectivity index (χ4n) is 3.50. The number of carbonyl (C=O) groups excluding carboxylic acids is 1. The molecule has 1 atom stereocenters. The molecule has 0 saturated carbocycles. The summed E-state index contributed by atoms with van der Waals surface area (Å²) < 4.78 is 6.25. The fourth-order valence-corrected chi connectivity index (χ4v) is 3.50. The molecule has 0 aliphatic heterocycles. The SMILES string of the molecule is C/C=C/[C@@](Cc1ccccc1)(OC(=O)N(C(C)C)C(C)C)c1ccccc1. The summed E-state index contributed by atoms with van der Waals surface area (Å²) in [5.74, 6) is 0. The summed E-state index contributed by atoms with van der Waals surface area (Å²) in [5.41, 5.74) is 1.23. The minimum Gasteiger partial charge on any atom is -0.433 e. The number of benzene rings is 2. The third-order valence-corrected chi connectivity index (χ3v) is 4.60. The van der Waals surface area contributed by atoms with E-state index in [1.165, 1.54) is 0 Å². The zero-order chi connectivity index (χ0) is 19.9. The molecule has 0 aromatic heterocycles. The molecule has 0 aliphatic rings. The van der Waals surface area contributed by atoms with Gasteiger partial charge in [0.15, 0.2) is 5.60 Å². The Bertz CT molecular complexity index is 729. The van der Waals surface area contributed by atoms with Crippen LogP contribution in [-0.2, 0) is 16.8 Å². The number of hydrogen-bond acceptors (Lipinski definition) is 2. The first-order valence-electron chi connectivity index (χ1n) is 9.64. The van der Waals surface area contributed by atoms with Gasteiger partial charge in [-0.2, -0.15) is 0 Å². The minimum atomic E-state index is -0.851. The van der Waals surface area contributed by atoms with Crippen molar-refractivity contribution in [2.45, 2.75) is 58.7 Å².